The Balaban J connectivity index is 1.82. The maximum Gasteiger partial charge on any atom is 0.410 e. The summed E-state index contributed by atoms with van der Waals surface area (Å²) in [6, 6.07) is 9.91. The Hall–Kier alpha value is -1.55. The van der Waals surface area contributed by atoms with E-state index in [-0.39, 0.29) is 12.1 Å². The Labute approximate surface area is 108 Å². The van der Waals surface area contributed by atoms with Gasteiger partial charge >= 0.3 is 6.09 Å². The minimum atomic E-state index is -0.238. The first-order chi connectivity index (χ1) is 8.66. The van der Waals surface area contributed by atoms with Crippen LogP contribution in [0.5, 0.6) is 0 Å². The lowest BCUT2D eigenvalue weighted by atomic mass is 9.95. The number of amides is 1. The number of likely N-dealkylation sites (tertiary alicyclic amines) is 1. The molecule has 0 aromatic heterocycles. The van der Waals surface area contributed by atoms with Crippen LogP contribution in [0.3, 0.4) is 0 Å². The fraction of sp³-hybridized carbons (Fsp3) is 0.500. The second-order valence-corrected chi connectivity index (χ2v) is 4.92. The Morgan fingerprint density at radius 2 is 2.17 bits per heavy atom. The molecule has 2 rings (SSSR count). The molecule has 4 nitrogen and oxygen atoms in total. The van der Waals surface area contributed by atoms with E-state index in [1.54, 1.807) is 4.90 Å². The van der Waals surface area contributed by atoms with Crippen molar-refractivity contribution in [3.8, 4) is 0 Å². The highest BCUT2D eigenvalue weighted by molar-refractivity contribution is 5.67. The molecule has 2 N–H and O–H groups in total. The van der Waals surface area contributed by atoms with Gasteiger partial charge in [0.05, 0.1) is 0 Å². The molecule has 1 amide bonds. The van der Waals surface area contributed by atoms with Crippen LogP contribution in [0.4, 0.5) is 4.79 Å². The van der Waals surface area contributed by atoms with Crippen molar-refractivity contribution < 1.29 is 9.53 Å². The van der Waals surface area contributed by atoms with Gasteiger partial charge in [-0.05, 0) is 17.9 Å². The lowest BCUT2D eigenvalue weighted by molar-refractivity contribution is 0.0772. The van der Waals surface area contributed by atoms with Crippen LogP contribution in [0.25, 0.3) is 0 Å². The van der Waals surface area contributed by atoms with Crippen LogP contribution >= 0.6 is 0 Å². The van der Waals surface area contributed by atoms with Crippen molar-refractivity contribution in [2.45, 2.75) is 26.0 Å². The summed E-state index contributed by atoms with van der Waals surface area (Å²) in [4.78, 5) is 13.6. The molecule has 1 heterocycles. The summed E-state index contributed by atoms with van der Waals surface area (Å²) < 4.78 is 5.30. The van der Waals surface area contributed by atoms with Crippen LogP contribution < -0.4 is 5.73 Å². The number of nitrogens with zero attached hydrogens (tertiary/aromatic N) is 1. The van der Waals surface area contributed by atoms with E-state index < -0.39 is 0 Å². The molecule has 0 bridgehead atoms. The molecule has 4 heteroatoms. The SMILES string of the molecule is C[C@H]1CN(C(=O)OCc2ccccc2)CC[C@H]1N. The van der Waals surface area contributed by atoms with Gasteiger partial charge in [-0.2, -0.15) is 0 Å². The smallest absolute Gasteiger partial charge is 0.410 e. The number of benzene rings is 1. The number of ether oxygens (including phenoxy) is 1. The molecule has 0 unspecified atom stereocenters. The van der Waals surface area contributed by atoms with Gasteiger partial charge in [-0.3, -0.25) is 0 Å². The van der Waals surface area contributed by atoms with E-state index in [1.807, 2.05) is 30.3 Å². The van der Waals surface area contributed by atoms with E-state index in [0.717, 1.165) is 12.0 Å². The molecule has 1 saturated heterocycles. The van der Waals surface area contributed by atoms with Gasteiger partial charge in [-0.15, -0.1) is 0 Å². The molecule has 0 spiro atoms. The van der Waals surface area contributed by atoms with Gasteiger partial charge in [-0.1, -0.05) is 37.3 Å². The zero-order chi connectivity index (χ0) is 13.0. The number of nitrogens with two attached hydrogens (primary N) is 1. The minimum absolute atomic E-state index is 0.197. The second-order valence-electron chi connectivity index (χ2n) is 4.92. The maximum absolute atomic E-state index is 11.9. The molecule has 0 aliphatic carbocycles. The Morgan fingerprint density at radius 1 is 1.44 bits per heavy atom. The highest BCUT2D eigenvalue weighted by Gasteiger charge is 2.26. The third kappa shape index (κ3) is 3.23. The van der Waals surface area contributed by atoms with Gasteiger partial charge in [-0.25, -0.2) is 4.79 Å². The number of hydrogen-bond acceptors (Lipinski definition) is 3. The summed E-state index contributed by atoms with van der Waals surface area (Å²) >= 11 is 0. The van der Waals surface area contributed by atoms with E-state index >= 15 is 0 Å². The first-order valence-corrected chi connectivity index (χ1v) is 6.38. The van der Waals surface area contributed by atoms with Crippen LogP contribution in [0, 0.1) is 5.92 Å². The summed E-state index contributed by atoms with van der Waals surface area (Å²) in [7, 11) is 0. The third-order valence-electron chi connectivity index (χ3n) is 3.43. The van der Waals surface area contributed by atoms with Crippen molar-refractivity contribution >= 4 is 6.09 Å². The van der Waals surface area contributed by atoms with Gasteiger partial charge in [0, 0.05) is 19.1 Å². The molecule has 1 aliphatic heterocycles. The highest BCUT2D eigenvalue weighted by atomic mass is 16.6. The second kappa shape index (κ2) is 5.87. The topological polar surface area (TPSA) is 55.6 Å². The van der Waals surface area contributed by atoms with Gasteiger partial charge in [0.15, 0.2) is 0 Å². The first-order valence-electron chi connectivity index (χ1n) is 6.38. The molecular weight excluding hydrogens is 228 g/mol. The van der Waals surface area contributed by atoms with Gasteiger partial charge in [0.25, 0.3) is 0 Å². The summed E-state index contributed by atoms with van der Waals surface area (Å²) in [5, 5.41) is 0. The number of piperidine rings is 1. The maximum atomic E-state index is 11.9. The average Bonchev–Trinajstić information content (AvgIpc) is 2.40. The molecule has 18 heavy (non-hydrogen) atoms. The lowest BCUT2D eigenvalue weighted by Crippen LogP contribution is -2.48. The van der Waals surface area contributed by atoms with E-state index in [1.165, 1.54) is 0 Å². The number of carbonyl (C=O) groups excluding carboxylic acids is 1. The van der Waals surface area contributed by atoms with E-state index in [0.29, 0.717) is 25.6 Å². The first kappa shape index (κ1) is 12.9. The Morgan fingerprint density at radius 3 is 2.83 bits per heavy atom. The third-order valence-corrected chi connectivity index (χ3v) is 3.43. The van der Waals surface area contributed by atoms with Crippen molar-refractivity contribution in [2.75, 3.05) is 13.1 Å². The summed E-state index contributed by atoms with van der Waals surface area (Å²) in [5.74, 6) is 0.336. The Kier molecular flexibility index (Phi) is 4.20. The minimum Gasteiger partial charge on any atom is -0.445 e. The fourth-order valence-corrected chi connectivity index (χ4v) is 2.14. The standard InChI is InChI=1S/C14H20N2O2/c1-11-9-16(8-7-13(11)15)14(17)18-10-12-5-3-2-4-6-12/h2-6,11,13H,7-10,15H2,1H3/t11-,13+/m0/s1. The molecule has 1 aromatic rings. The molecule has 2 atom stereocenters. The van der Waals surface area contributed by atoms with Gasteiger partial charge in [0.1, 0.15) is 6.61 Å². The number of carbonyl (C=O) groups is 1. The summed E-state index contributed by atoms with van der Waals surface area (Å²) in [6.45, 7) is 3.78. The quantitative estimate of drug-likeness (QED) is 0.870. The highest BCUT2D eigenvalue weighted by Crippen LogP contribution is 2.16. The van der Waals surface area contributed by atoms with Crippen molar-refractivity contribution in [2.24, 2.45) is 11.7 Å². The molecule has 98 valence electrons. The molecule has 1 aromatic carbocycles. The van der Waals surface area contributed by atoms with E-state index in [9.17, 15) is 4.79 Å². The zero-order valence-corrected chi connectivity index (χ0v) is 10.7. The van der Waals surface area contributed by atoms with Gasteiger partial charge < -0.3 is 15.4 Å². The van der Waals surface area contributed by atoms with Crippen LogP contribution in [0.2, 0.25) is 0 Å². The molecule has 1 fully saturated rings. The molecule has 0 radical (unpaired) electrons. The van der Waals surface area contributed by atoms with Gasteiger partial charge in [0.2, 0.25) is 0 Å². The van der Waals surface area contributed by atoms with Crippen molar-refractivity contribution in [1.29, 1.82) is 0 Å². The van der Waals surface area contributed by atoms with Crippen LogP contribution in [-0.2, 0) is 11.3 Å². The normalized spacial score (nSPS) is 23.8. The van der Waals surface area contributed by atoms with Crippen LogP contribution in [-0.4, -0.2) is 30.1 Å². The molecule has 1 aliphatic rings. The monoisotopic (exact) mass is 248 g/mol. The zero-order valence-electron chi connectivity index (χ0n) is 10.7. The van der Waals surface area contributed by atoms with Crippen molar-refractivity contribution in [3.05, 3.63) is 35.9 Å². The molecule has 0 saturated carbocycles. The number of rotatable bonds is 2. The largest absolute Gasteiger partial charge is 0.445 e. The number of hydrogen-bond donors (Lipinski definition) is 1. The van der Waals surface area contributed by atoms with E-state index in [2.05, 4.69) is 6.92 Å². The molecular formula is C14H20N2O2. The summed E-state index contributed by atoms with van der Waals surface area (Å²) in [6.07, 6.45) is 0.610. The van der Waals surface area contributed by atoms with Crippen molar-refractivity contribution in [3.63, 3.8) is 0 Å². The van der Waals surface area contributed by atoms with Crippen LogP contribution in [0.1, 0.15) is 18.9 Å². The predicted molar refractivity (Wildman–Crippen MR) is 70.0 cm³/mol. The van der Waals surface area contributed by atoms with Crippen molar-refractivity contribution in [1.82, 2.24) is 4.90 Å². The van der Waals surface area contributed by atoms with E-state index in [4.69, 9.17) is 10.5 Å². The predicted octanol–water partition coefficient (Wildman–Crippen LogP) is 1.99. The Bertz CT molecular complexity index is 394. The summed E-state index contributed by atoms with van der Waals surface area (Å²) in [5.41, 5.74) is 6.93. The van der Waals surface area contributed by atoms with Crippen LogP contribution in [0.15, 0.2) is 30.3 Å². The average molecular weight is 248 g/mol. The fourth-order valence-electron chi connectivity index (χ4n) is 2.14. The lowest BCUT2D eigenvalue weighted by Gasteiger charge is -2.34.